The van der Waals surface area contributed by atoms with E-state index in [1.165, 1.54) is 11.1 Å². The molecule has 0 radical (unpaired) electrons. The zero-order chi connectivity index (χ0) is 24.6. The first-order valence-corrected chi connectivity index (χ1v) is 25.7. The average molecular weight is 503 g/mol. The minimum atomic E-state index is -2.07. The Balaban J connectivity index is 3.21. The number of benzene rings is 2. The van der Waals surface area contributed by atoms with E-state index < -0.39 is 43.2 Å². The van der Waals surface area contributed by atoms with E-state index in [9.17, 15) is 0 Å². The summed E-state index contributed by atoms with van der Waals surface area (Å²) in [6, 6.07) is 22.1. The molecular weight excluding hydrogens is 457 g/mol. The fourth-order valence-corrected chi connectivity index (χ4v) is 18.8. The number of hydrogen-bond donors (Lipinski definition) is 0. The molecular formula is C26H46O2Si4. The Kier molecular flexibility index (Phi) is 7.82. The van der Waals surface area contributed by atoms with Crippen molar-refractivity contribution in [3.05, 3.63) is 71.8 Å². The summed E-state index contributed by atoms with van der Waals surface area (Å²) in [5.74, 6) is 0. The van der Waals surface area contributed by atoms with E-state index in [1.807, 2.05) is 0 Å². The molecule has 178 valence electrons. The second-order valence-electron chi connectivity index (χ2n) is 13.0. The van der Waals surface area contributed by atoms with Gasteiger partial charge in [-0.1, -0.05) is 99.9 Å². The van der Waals surface area contributed by atoms with E-state index in [1.54, 1.807) is 0 Å². The minimum Gasteiger partial charge on any atom is -0.408 e. The second-order valence-corrected chi connectivity index (χ2v) is 32.3. The van der Waals surface area contributed by atoms with E-state index in [0.717, 1.165) is 0 Å². The summed E-state index contributed by atoms with van der Waals surface area (Å²) in [6.45, 7) is 28.9. The normalized spacial score (nSPS) is 17.5. The van der Waals surface area contributed by atoms with Crippen molar-refractivity contribution in [1.29, 1.82) is 0 Å². The predicted octanol–water partition coefficient (Wildman–Crippen LogP) is 8.24. The SMILES string of the molecule is C[Si](C)(C)OC(c1ccccc1)(C(O[Si](C)(C)C)(c1ccccc1)[Si](C)(C)C)[Si](C)(C)C. The molecule has 6 heteroatoms. The van der Waals surface area contributed by atoms with Crippen LogP contribution in [-0.4, -0.2) is 32.8 Å². The quantitative estimate of drug-likeness (QED) is 0.321. The van der Waals surface area contributed by atoms with Crippen LogP contribution in [0.15, 0.2) is 60.7 Å². The van der Waals surface area contributed by atoms with Crippen molar-refractivity contribution in [2.24, 2.45) is 0 Å². The molecule has 0 aliphatic rings. The standard InChI is InChI=1S/C26H46O2Si4/c1-29(2,3)25(27-31(7,8)9,23-19-15-13-16-20-23)26(30(4,5)6,28-32(10,11)12)24-21-17-14-18-22-24/h13-22H,1-12H3. The van der Waals surface area contributed by atoms with Crippen molar-refractivity contribution in [2.75, 3.05) is 0 Å². The van der Waals surface area contributed by atoms with Gasteiger partial charge in [-0.2, -0.15) is 0 Å². The third-order valence-electron chi connectivity index (χ3n) is 5.89. The van der Waals surface area contributed by atoms with Crippen molar-refractivity contribution in [2.45, 2.75) is 89.0 Å². The summed E-state index contributed by atoms with van der Waals surface area (Å²) in [6.07, 6.45) is 0. The Morgan fingerprint density at radius 2 is 0.688 bits per heavy atom. The van der Waals surface area contributed by atoms with Crippen LogP contribution in [-0.2, 0) is 19.3 Å². The molecule has 32 heavy (non-hydrogen) atoms. The monoisotopic (exact) mass is 502 g/mol. The third-order valence-corrected chi connectivity index (χ3v) is 14.1. The Bertz CT molecular complexity index is 799. The summed E-state index contributed by atoms with van der Waals surface area (Å²) in [4.78, 5) is 0. The highest BCUT2D eigenvalue weighted by Gasteiger charge is 2.68. The second kappa shape index (κ2) is 9.11. The molecule has 2 aromatic rings. The van der Waals surface area contributed by atoms with Crippen molar-refractivity contribution in [3.63, 3.8) is 0 Å². The van der Waals surface area contributed by atoms with Gasteiger partial charge in [-0.05, 0) is 50.4 Å². The van der Waals surface area contributed by atoms with Gasteiger partial charge in [0.05, 0.1) is 26.6 Å². The molecule has 2 rings (SSSR count). The molecule has 0 aliphatic heterocycles. The molecule has 0 aliphatic carbocycles. The van der Waals surface area contributed by atoms with E-state index in [-0.39, 0.29) is 0 Å². The molecule has 2 atom stereocenters. The molecule has 2 nitrogen and oxygen atoms in total. The zero-order valence-electron chi connectivity index (χ0n) is 22.6. The van der Waals surface area contributed by atoms with Gasteiger partial charge in [-0.15, -0.1) is 0 Å². The van der Waals surface area contributed by atoms with Gasteiger partial charge in [0, 0.05) is 0 Å². The number of hydrogen-bond acceptors (Lipinski definition) is 2. The maximum atomic E-state index is 7.60. The molecule has 0 spiro atoms. The van der Waals surface area contributed by atoms with Gasteiger partial charge in [0.1, 0.15) is 0 Å². The van der Waals surface area contributed by atoms with Gasteiger partial charge >= 0.3 is 0 Å². The van der Waals surface area contributed by atoms with Gasteiger partial charge in [-0.25, -0.2) is 0 Å². The van der Waals surface area contributed by atoms with Crippen molar-refractivity contribution in [1.82, 2.24) is 0 Å². The first kappa shape index (κ1) is 27.5. The largest absolute Gasteiger partial charge is 0.408 e. The highest BCUT2D eigenvalue weighted by molar-refractivity contribution is 6.87. The molecule has 2 aromatic carbocycles. The van der Waals surface area contributed by atoms with Crippen molar-refractivity contribution in [3.8, 4) is 0 Å². The minimum absolute atomic E-state index is 0.502. The summed E-state index contributed by atoms with van der Waals surface area (Å²) in [5.41, 5.74) is 2.57. The highest BCUT2D eigenvalue weighted by Crippen LogP contribution is 2.58. The van der Waals surface area contributed by atoms with Crippen LogP contribution in [0.3, 0.4) is 0 Å². The average Bonchev–Trinajstić information content (AvgIpc) is 2.62. The maximum Gasteiger partial charge on any atom is 0.184 e. The van der Waals surface area contributed by atoms with Crippen LogP contribution in [0.4, 0.5) is 0 Å². The van der Waals surface area contributed by atoms with Crippen LogP contribution in [0.2, 0.25) is 78.6 Å². The van der Waals surface area contributed by atoms with Gasteiger partial charge in [0.25, 0.3) is 0 Å². The van der Waals surface area contributed by atoms with Crippen LogP contribution in [0.1, 0.15) is 11.1 Å². The van der Waals surface area contributed by atoms with Crippen LogP contribution in [0, 0.1) is 0 Å². The lowest BCUT2D eigenvalue weighted by atomic mass is 9.96. The predicted molar refractivity (Wildman–Crippen MR) is 152 cm³/mol. The van der Waals surface area contributed by atoms with Crippen LogP contribution in [0.25, 0.3) is 0 Å². The Hall–Kier alpha value is -0.772. The Labute approximate surface area is 202 Å². The van der Waals surface area contributed by atoms with Gasteiger partial charge in [-0.3, -0.25) is 0 Å². The molecule has 0 heterocycles. The first-order chi connectivity index (χ1) is 14.4. The molecule has 0 saturated carbocycles. The summed E-state index contributed by atoms with van der Waals surface area (Å²) in [5, 5.41) is -1.00. The van der Waals surface area contributed by atoms with E-state index in [0.29, 0.717) is 0 Å². The molecule has 0 aromatic heterocycles. The molecule has 0 amide bonds. The summed E-state index contributed by atoms with van der Waals surface area (Å²) >= 11 is 0. The number of rotatable bonds is 9. The molecule has 0 fully saturated rings. The summed E-state index contributed by atoms with van der Waals surface area (Å²) in [7, 11) is -8.12. The molecule has 0 N–H and O–H groups in total. The smallest absolute Gasteiger partial charge is 0.184 e. The van der Waals surface area contributed by atoms with Crippen molar-refractivity contribution >= 4 is 32.8 Å². The Morgan fingerprint density at radius 3 is 0.875 bits per heavy atom. The van der Waals surface area contributed by atoms with Gasteiger partial charge < -0.3 is 8.85 Å². The molecule has 0 bridgehead atoms. The highest BCUT2D eigenvalue weighted by atomic mass is 28.4. The lowest BCUT2D eigenvalue weighted by Gasteiger charge is -2.64. The van der Waals surface area contributed by atoms with Gasteiger partial charge in [0.2, 0.25) is 0 Å². The van der Waals surface area contributed by atoms with E-state index >= 15 is 0 Å². The first-order valence-electron chi connectivity index (χ1n) is 11.9. The summed E-state index contributed by atoms with van der Waals surface area (Å²) < 4.78 is 15.2. The van der Waals surface area contributed by atoms with Crippen LogP contribution in [0.5, 0.6) is 0 Å². The lowest BCUT2D eigenvalue weighted by molar-refractivity contribution is -0.0442. The zero-order valence-corrected chi connectivity index (χ0v) is 26.6. The Morgan fingerprint density at radius 1 is 0.438 bits per heavy atom. The topological polar surface area (TPSA) is 18.5 Å². The lowest BCUT2D eigenvalue weighted by Crippen LogP contribution is -2.76. The van der Waals surface area contributed by atoms with Crippen molar-refractivity contribution < 1.29 is 8.85 Å². The van der Waals surface area contributed by atoms with Crippen LogP contribution < -0.4 is 0 Å². The van der Waals surface area contributed by atoms with Gasteiger partial charge in [0.15, 0.2) is 16.6 Å². The molecule has 2 unspecified atom stereocenters. The van der Waals surface area contributed by atoms with Crippen LogP contribution >= 0.6 is 0 Å². The molecule has 0 saturated heterocycles. The maximum absolute atomic E-state index is 7.60. The van der Waals surface area contributed by atoms with E-state index in [2.05, 4.69) is 139 Å². The fraction of sp³-hybridized carbons (Fsp3) is 0.538. The fourth-order valence-electron chi connectivity index (χ4n) is 5.16. The van der Waals surface area contributed by atoms with E-state index in [4.69, 9.17) is 8.85 Å². The third kappa shape index (κ3) is 5.31.